The van der Waals surface area contributed by atoms with Crippen molar-refractivity contribution in [2.24, 2.45) is 0 Å². The summed E-state index contributed by atoms with van der Waals surface area (Å²) in [5.74, 6) is -0.211. The molecule has 1 N–H and O–H groups in total. The van der Waals surface area contributed by atoms with Crippen LogP contribution >= 0.6 is 22.9 Å². The van der Waals surface area contributed by atoms with Gasteiger partial charge in [0.1, 0.15) is 0 Å². The first kappa shape index (κ1) is 18.0. The molecule has 138 valence electrons. The summed E-state index contributed by atoms with van der Waals surface area (Å²) in [7, 11) is 0. The molecule has 1 saturated heterocycles. The van der Waals surface area contributed by atoms with Gasteiger partial charge in [-0.25, -0.2) is 4.98 Å². The van der Waals surface area contributed by atoms with Crippen LogP contribution in [-0.2, 0) is 9.53 Å². The quantitative estimate of drug-likeness (QED) is 0.659. The number of nitrogens with one attached hydrogen (secondary N) is 1. The van der Waals surface area contributed by atoms with Crippen molar-refractivity contribution in [3.05, 3.63) is 59.1 Å². The number of aromatic nitrogens is 1. The lowest BCUT2D eigenvalue weighted by Gasteiger charge is -2.28. The smallest absolute Gasteiger partial charge is 0.250 e. The minimum atomic E-state index is -0.211. The molecule has 1 aliphatic rings. The van der Waals surface area contributed by atoms with Crippen molar-refractivity contribution >= 4 is 56.0 Å². The van der Waals surface area contributed by atoms with Crippen molar-refractivity contribution in [1.29, 1.82) is 0 Å². The van der Waals surface area contributed by atoms with Gasteiger partial charge in [-0.3, -0.25) is 10.1 Å². The maximum Gasteiger partial charge on any atom is 0.250 e. The Labute approximate surface area is 166 Å². The standard InChI is InChI=1S/C20H18ClN3O2S/c21-15-4-1-14(2-5-15)3-8-19(25)23-20-22-17-7-6-16(13-18(17)27-20)24-9-11-26-12-10-24/h1-8,13H,9-12H2,(H,22,23,25)/b8-3+. The van der Waals surface area contributed by atoms with E-state index in [0.29, 0.717) is 10.2 Å². The highest BCUT2D eigenvalue weighted by atomic mass is 35.5. The van der Waals surface area contributed by atoms with E-state index in [9.17, 15) is 4.79 Å². The topological polar surface area (TPSA) is 54.5 Å². The van der Waals surface area contributed by atoms with Crippen molar-refractivity contribution < 1.29 is 9.53 Å². The number of morpholine rings is 1. The Morgan fingerprint density at radius 2 is 1.96 bits per heavy atom. The van der Waals surface area contributed by atoms with E-state index in [0.717, 1.165) is 47.8 Å². The third-order valence-corrected chi connectivity index (χ3v) is 5.46. The van der Waals surface area contributed by atoms with Crippen molar-refractivity contribution in [2.75, 3.05) is 36.5 Å². The van der Waals surface area contributed by atoms with E-state index in [1.54, 1.807) is 18.2 Å². The molecule has 2 aromatic carbocycles. The molecule has 0 saturated carbocycles. The fourth-order valence-electron chi connectivity index (χ4n) is 2.88. The molecule has 2 heterocycles. The third kappa shape index (κ3) is 4.47. The van der Waals surface area contributed by atoms with Crippen LogP contribution in [0.1, 0.15) is 5.56 Å². The second-order valence-electron chi connectivity index (χ2n) is 6.14. The van der Waals surface area contributed by atoms with Gasteiger partial charge in [-0.2, -0.15) is 0 Å². The number of amides is 1. The average Bonchev–Trinajstić information content (AvgIpc) is 3.09. The number of carbonyl (C=O) groups is 1. The number of fused-ring (bicyclic) bond motifs is 1. The van der Waals surface area contributed by atoms with Crippen LogP contribution < -0.4 is 10.2 Å². The van der Waals surface area contributed by atoms with Crippen LogP contribution in [0.4, 0.5) is 10.8 Å². The maximum atomic E-state index is 12.2. The molecule has 0 aliphatic carbocycles. The number of halogens is 1. The zero-order chi connectivity index (χ0) is 18.6. The van der Waals surface area contributed by atoms with Gasteiger partial charge >= 0.3 is 0 Å². The fraction of sp³-hybridized carbons (Fsp3) is 0.200. The molecule has 0 radical (unpaired) electrons. The van der Waals surface area contributed by atoms with Gasteiger partial charge in [0.05, 0.1) is 23.4 Å². The summed E-state index contributed by atoms with van der Waals surface area (Å²) in [6.45, 7) is 3.29. The minimum absolute atomic E-state index is 0.211. The predicted molar refractivity (Wildman–Crippen MR) is 112 cm³/mol. The van der Waals surface area contributed by atoms with Crippen molar-refractivity contribution in [1.82, 2.24) is 4.98 Å². The third-order valence-electron chi connectivity index (χ3n) is 4.28. The minimum Gasteiger partial charge on any atom is -0.378 e. The highest BCUT2D eigenvalue weighted by molar-refractivity contribution is 7.22. The molecule has 0 bridgehead atoms. The number of thiazole rings is 1. The Morgan fingerprint density at radius 1 is 1.19 bits per heavy atom. The first-order valence-electron chi connectivity index (χ1n) is 8.65. The predicted octanol–water partition coefficient (Wildman–Crippen LogP) is 4.44. The van der Waals surface area contributed by atoms with Crippen molar-refractivity contribution in [3.8, 4) is 0 Å². The molecule has 1 amide bonds. The zero-order valence-electron chi connectivity index (χ0n) is 14.5. The second-order valence-corrected chi connectivity index (χ2v) is 7.61. The molecule has 1 fully saturated rings. The van der Waals surface area contributed by atoms with Gasteiger partial charge in [0.2, 0.25) is 5.91 Å². The summed E-state index contributed by atoms with van der Waals surface area (Å²) in [5.41, 5.74) is 2.96. The molecule has 1 aliphatic heterocycles. The lowest BCUT2D eigenvalue weighted by molar-refractivity contribution is -0.111. The van der Waals surface area contributed by atoms with Crippen molar-refractivity contribution in [3.63, 3.8) is 0 Å². The van der Waals surface area contributed by atoms with Gasteiger partial charge in [0.25, 0.3) is 0 Å². The number of ether oxygens (including phenoxy) is 1. The van der Waals surface area contributed by atoms with E-state index in [2.05, 4.69) is 27.3 Å². The highest BCUT2D eigenvalue weighted by Crippen LogP contribution is 2.30. The Morgan fingerprint density at radius 3 is 2.74 bits per heavy atom. The van der Waals surface area contributed by atoms with Gasteiger partial charge in [0.15, 0.2) is 5.13 Å². The number of hydrogen-bond donors (Lipinski definition) is 1. The summed E-state index contributed by atoms with van der Waals surface area (Å²) < 4.78 is 6.46. The second kappa shape index (κ2) is 8.08. The van der Waals surface area contributed by atoms with E-state index in [4.69, 9.17) is 16.3 Å². The number of hydrogen-bond acceptors (Lipinski definition) is 5. The van der Waals surface area contributed by atoms with E-state index >= 15 is 0 Å². The van der Waals surface area contributed by atoms with Crippen LogP contribution in [0.5, 0.6) is 0 Å². The molecular weight excluding hydrogens is 382 g/mol. The van der Waals surface area contributed by atoms with Crippen LogP contribution in [0.15, 0.2) is 48.5 Å². The first-order valence-corrected chi connectivity index (χ1v) is 9.85. The van der Waals surface area contributed by atoms with Gasteiger partial charge in [-0.05, 0) is 42.0 Å². The number of carbonyl (C=O) groups excluding carboxylic acids is 1. The average molecular weight is 400 g/mol. The van der Waals surface area contributed by atoms with E-state index < -0.39 is 0 Å². The first-order chi connectivity index (χ1) is 13.2. The zero-order valence-corrected chi connectivity index (χ0v) is 16.1. The molecule has 4 rings (SSSR count). The van der Waals surface area contributed by atoms with Crippen molar-refractivity contribution in [2.45, 2.75) is 0 Å². The lowest BCUT2D eigenvalue weighted by atomic mass is 10.2. The molecule has 0 spiro atoms. The Hall–Kier alpha value is -2.41. The van der Waals surface area contributed by atoms with Gasteiger partial charge in [-0.1, -0.05) is 35.1 Å². The van der Waals surface area contributed by atoms with Gasteiger partial charge < -0.3 is 9.64 Å². The lowest BCUT2D eigenvalue weighted by Crippen LogP contribution is -2.36. The molecule has 7 heteroatoms. The SMILES string of the molecule is O=C(/C=C/c1ccc(Cl)cc1)Nc1nc2ccc(N3CCOCC3)cc2s1. The van der Waals surface area contributed by atoms with E-state index in [1.165, 1.54) is 17.4 Å². The molecule has 1 aromatic heterocycles. The van der Waals surface area contributed by atoms with Crippen LogP contribution in [0.2, 0.25) is 5.02 Å². The normalized spacial score (nSPS) is 14.8. The van der Waals surface area contributed by atoms with Gasteiger partial charge in [-0.15, -0.1) is 0 Å². The summed E-state index contributed by atoms with van der Waals surface area (Å²) in [4.78, 5) is 19.0. The summed E-state index contributed by atoms with van der Waals surface area (Å²) >= 11 is 7.34. The van der Waals surface area contributed by atoms with Gasteiger partial charge in [0, 0.05) is 29.9 Å². The Kier molecular flexibility index (Phi) is 5.38. The fourth-order valence-corrected chi connectivity index (χ4v) is 3.91. The van der Waals surface area contributed by atoms with Crippen LogP contribution in [0.3, 0.4) is 0 Å². The van der Waals surface area contributed by atoms with Crippen LogP contribution in [0.25, 0.3) is 16.3 Å². The number of nitrogens with zero attached hydrogens (tertiary/aromatic N) is 2. The largest absolute Gasteiger partial charge is 0.378 e. The molecule has 0 unspecified atom stereocenters. The number of anilines is 2. The Balaban J connectivity index is 1.45. The molecule has 27 heavy (non-hydrogen) atoms. The van der Waals surface area contributed by atoms with Crippen LogP contribution in [-0.4, -0.2) is 37.2 Å². The summed E-state index contributed by atoms with van der Waals surface area (Å²) in [6.07, 6.45) is 3.24. The molecule has 5 nitrogen and oxygen atoms in total. The van der Waals surface area contributed by atoms with E-state index in [1.807, 2.05) is 18.2 Å². The number of benzene rings is 2. The summed E-state index contributed by atoms with van der Waals surface area (Å²) in [5, 5.41) is 4.10. The van der Waals surface area contributed by atoms with Crippen LogP contribution in [0, 0.1) is 0 Å². The maximum absolute atomic E-state index is 12.2. The molecular formula is C20H18ClN3O2S. The molecule has 0 atom stereocenters. The van der Waals surface area contributed by atoms with E-state index in [-0.39, 0.29) is 5.91 Å². The Bertz CT molecular complexity index is 979. The highest BCUT2D eigenvalue weighted by Gasteiger charge is 2.13. The monoisotopic (exact) mass is 399 g/mol. The summed E-state index contributed by atoms with van der Waals surface area (Å²) in [6, 6.07) is 13.5. The molecule has 3 aromatic rings. The number of rotatable bonds is 4.